The van der Waals surface area contributed by atoms with Gasteiger partial charge in [-0.2, -0.15) is 0 Å². The van der Waals surface area contributed by atoms with Crippen LogP contribution >= 0.6 is 15.9 Å². The lowest BCUT2D eigenvalue weighted by Crippen LogP contribution is -2.22. The number of benzene rings is 1. The van der Waals surface area contributed by atoms with Crippen molar-refractivity contribution in [2.45, 2.75) is 25.7 Å². The molecule has 1 saturated heterocycles. The molecule has 1 fully saturated rings. The summed E-state index contributed by atoms with van der Waals surface area (Å²) in [6.45, 7) is 3.90. The van der Waals surface area contributed by atoms with E-state index < -0.39 is 12.2 Å². The van der Waals surface area contributed by atoms with Crippen LogP contribution in [0.15, 0.2) is 22.7 Å². The zero-order valence-corrected chi connectivity index (χ0v) is 10.8. The predicted octanol–water partition coefficient (Wildman–Crippen LogP) is 1.29. The first kappa shape index (κ1) is 12.0. The van der Waals surface area contributed by atoms with E-state index in [-0.39, 0.29) is 0 Å². The van der Waals surface area contributed by atoms with Gasteiger partial charge in [-0.1, -0.05) is 28.1 Å². The Morgan fingerprint density at radius 1 is 1.31 bits per heavy atom. The lowest BCUT2D eigenvalue weighted by Gasteiger charge is -2.16. The molecule has 0 saturated carbocycles. The summed E-state index contributed by atoms with van der Waals surface area (Å²) >= 11 is 3.53. The standard InChI is InChI=1S/C12H16BrNO2/c1-8-2-3-9(10(13)4-8)5-14-6-11(15)12(16)7-14/h2-4,11-12,15-16H,5-7H2,1H3/t11-,12+. The van der Waals surface area contributed by atoms with E-state index in [0.29, 0.717) is 13.1 Å². The highest BCUT2D eigenvalue weighted by molar-refractivity contribution is 9.10. The molecule has 4 heteroatoms. The molecule has 16 heavy (non-hydrogen) atoms. The third-order valence-electron chi connectivity index (χ3n) is 2.94. The molecule has 1 aliphatic rings. The minimum Gasteiger partial charge on any atom is -0.389 e. The topological polar surface area (TPSA) is 43.7 Å². The van der Waals surface area contributed by atoms with Crippen LogP contribution in [0, 0.1) is 6.92 Å². The smallest absolute Gasteiger partial charge is 0.0938 e. The van der Waals surface area contributed by atoms with Crippen molar-refractivity contribution in [3.8, 4) is 0 Å². The number of halogens is 1. The fourth-order valence-corrected chi connectivity index (χ4v) is 2.62. The Hall–Kier alpha value is -0.420. The molecule has 0 bridgehead atoms. The van der Waals surface area contributed by atoms with Crippen LogP contribution in [0.5, 0.6) is 0 Å². The normalized spacial score (nSPS) is 26.2. The van der Waals surface area contributed by atoms with E-state index in [0.717, 1.165) is 11.0 Å². The summed E-state index contributed by atoms with van der Waals surface area (Å²) in [6, 6.07) is 6.23. The summed E-state index contributed by atoms with van der Waals surface area (Å²) in [5, 5.41) is 18.9. The molecule has 88 valence electrons. The highest BCUT2D eigenvalue weighted by Gasteiger charge is 2.29. The Bertz CT molecular complexity index is 373. The zero-order chi connectivity index (χ0) is 11.7. The van der Waals surface area contributed by atoms with Crippen LogP contribution < -0.4 is 0 Å². The zero-order valence-electron chi connectivity index (χ0n) is 9.23. The summed E-state index contributed by atoms with van der Waals surface area (Å²) in [7, 11) is 0. The maximum Gasteiger partial charge on any atom is 0.0938 e. The van der Waals surface area contributed by atoms with E-state index >= 15 is 0 Å². The van der Waals surface area contributed by atoms with Gasteiger partial charge in [0, 0.05) is 24.1 Å². The third-order valence-corrected chi connectivity index (χ3v) is 3.68. The molecule has 1 aliphatic heterocycles. The van der Waals surface area contributed by atoms with Crippen molar-refractivity contribution in [3.63, 3.8) is 0 Å². The maximum atomic E-state index is 9.46. The minimum absolute atomic E-state index is 0.543. The van der Waals surface area contributed by atoms with Crippen LogP contribution in [-0.2, 0) is 6.54 Å². The summed E-state index contributed by atoms with van der Waals surface area (Å²) in [5.74, 6) is 0. The number of aliphatic hydroxyl groups excluding tert-OH is 2. The fraction of sp³-hybridized carbons (Fsp3) is 0.500. The van der Waals surface area contributed by atoms with Crippen molar-refractivity contribution in [1.82, 2.24) is 4.90 Å². The summed E-state index contributed by atoms with van der Waals surface area (Å²) in [6.07, 6.45) is -1.21. The van der Waals surface area contributed by atoms with Crippen molar-refractivity contribution in [2.75, 3.05) is 13.1 Å². The Balaban J connectivity index is 2.05. The lowest BCUT2D eigenvalue weighted by atomic mass is 10.1. The number of hydrogen-bond donors (Lipinski definition) is 2. The van der Waals surface area contributed by atoms with Crippen LogP contribution in [0.4, 0.5) is 0 Å². The summed E-state index contributed by atoms with van der Waals surface area (Å²) < 4.78 is 1.09. The number of aliphatic hydroxyl groups is 2. The molecular formula is C12H16BrNO2. The number of β-amino-alcohol motifs (C(OH)–C–C–N with tert-alkyl or cyclic N) is 2. The molecule has 2 rings (SSSR count). The van der Waals surface area contributed by atoms with Crippen LogP contribution in [0.25, 0.3) is 0 Å². The van der Waals surface area contributed by atoms with Crippen molar-refractivity contribution < 1.29 is 10.2 Å². The molecule has 3 nitrogen and oxygen atoms in total. The molecule has 0 unspecified atom stereocenters. The van der Waals surface area contributed by atoms with E-state index in [1.807, 2.05) is 0 Å². The average molecular weight is 286 g/mol. The number of hydrogen-bond acceptors (Lipinski definition) is 3. The third kappa shape index (κ3) is 2.63. The quantitative estimate of drug-likeness (QED) is 0.861. The second-order valence-corrected chi connectivity index (χ2v) is 5.28. The minimum atomic E-state index is -0.607. The summed E-state index contributed by atoms with van der Waals surface area (Å²) in [5.41, 5.74) is 2.41. The Morgan fingerprint density at radius 2 is 1.94 bits per heavy atom. The van der Waals surface area contributed by atoms with Gasteiger partial charge in [0.15, 0.2) is 0 Å². The first-order chi connectivity index (χ1) is 7.56. The van der Waals surface area contributed by atoms with Crippen LogP contribution in [0.2, 0.25) is 0 Å². The Labute approximate surface area is 104 Å². The van der Waals surface area contributed by atoms with Crippen molar-refractivity contribution in [3.05, 3.63) is 33.8 Å². The summed E-state index contributed by atoms with van der Waals surface area (Å²) in [4.78, 5) is 2.06. The number of aryl methyl sites for hydroxylation is 1. The highest BCUT2D eigenvalue weighted by atomic mass is 79.9. The van der Waals surface area contributed by atoms with E-state index in [4.69, 9.17) is 0 Å². The second-order valence-electron chi connectivity index (χ2n) is 4.42. The first-order valence-electron chi connectivity index (χ1n) is 5.40. The van der Waals surface area contributed by atoms with Gasteiger partial charge in [0.05, 0.1) is 12.2 Å². The SMILES string of the molecule is Cc1ccc(CN2C[C@@H](O)[C@@H](O)C2)c(Br)c1. The maximum absolute atomic E-state index is 9.46. The predicted molar refractivity (Wildman–Crippen MR) is 66.2 cm³/mol. The van der Waals surface area contributed by atoms with Gasteiger partial charge < -0.3 is 10.2 Å². The Morgan fingerprint density at radius 3 is 2.50 bits per heavy atom. The van der Waals surface area contributed by atoms with E-state index in [1.165, 1.54) is 11.1 Å². The van der Waals surface area contributed by atoms with E-state index in [2.05, 4.69) is 46.0 Å². The molecule has 1 aromatic carbocycles. The van der Waals surface area contributed by atoms with Gasteiger partial charge in [-0.15, -0.1) is 0 Å². The molecule has 2 N–H and O–H groups in total. The molecule has 2 atom stereocenters. The van der Waals surface area contributed by atoms with Gasteiger partial charge in [0.1, 0.15) is 0 Å². The largest absolute Gasteiger partial charge is 0.389 e. The monoisotopic (exact) mass is 285 g/mol. The average Bonchev–Trinajstić information content (AvgIpc) is 2.51. The first-order valence-corrected chi connectivity index (χ1v) is 6.19. The molecule has 0 aromatic heterocycles. The van der Waals surface area contributed by atoms with Gasteiger partial charge in [-0.25, -0.2) is 0 Å². The van der Waals surface area contributed by atoms with Crippen LogP contribution in [0.3, 0.4) is 0 Å². The van der Waals surface area contributed by atoms with E-state index in [9.17, 15) is 10.2 Å². The van der Waals surface area contributed by atoms with Gasteiger partial charge in [0.25, 0.3) is 0 Å². The molecule has 0 radical (unpaired) electrons. The van der Waals surface area contributed by atoms with Crippen LogP contribution in [0.1, 0.15) is 11.1 Å². The number of nitrogens with zero attached hydrogens (tertiary/aromatic N) is 1. The number of rotatable bonds is 2. The lowest BCUT2D eigenvalue weighted by molar-refractivity contribution is 0.0572. The molecular weight excluding hydrogens is 270 g/mol. The highest BCUT2D eigenvalue weighted by Crippen LogP contribution is 2.22. The fourth-order valence-electron chi connectivity index (χ4n) is 2.00. The van der Waals surface area contributed by atoms with Crippen molar-refractivity contribution in [1.29, 1.82) is 0 Å². The van der Waals surface area contributed by atoms with Gasteiger partial charge >= 0.3 is 0 Å². The second kappa shape index (κ2) is 4.84. The number of likely N-dealkylation sites (tertiary alicyclic amines) is 1. The molecule has 1 heterocycles. The molecule has 0 aliphatic carbocycles. The van der Waals surface area contributed by atoms with Gasteiger partial charge in [-0.05, 0) is 24.1 Å². The van der Waals surface area contributed by atoms with Crippen LogP contribution in [-0.4, -0.2) is 40.4 Å². The molecule has 0 spiro atoms. The Kier molecular flexibility index (Phi) is 3.64. The van der Waals surface area contributed by atoms with Crippen molar-refractivity contribution in [2.24, 2.45) is 0 Å². The molecule has 1 aromatic rings. The van der Waals surface area contributed by atoms with Gasteiger partial charge in [-0.3, -0.25) is 4.90 Å². The van der Waals surface area contributed by atoms with Gasteiger partial charge in [0.2, 0.25) is 0 Å². The molecule has 0 amide bonds. The van der Waals surface area contributed by atoms with Crippen molar-refractivity contribution >= 4 is 15.9 Å². The van der Waals surface area contributed by atoms with E-state index in [1.54, 1.807) is 0 Å².